The van der Waals surface area contributed by atoms with E-state index in [1.54, 1.807) is 0 Å². The van der Waals surface area contributed by atoms with Crippen LogP contribution in [0.4, 0.5) is 0 Å². The van der Waals surface area contributed by atoms with E-state index in [2.05, 4.69) is 32.2 Å². The molecule has 12 heavy (non-hydrogen) atoms. The van der Waals surface area contributed by atoms with Crippen molar-refractivity contribution in [2.45, 2.75) is 44.8 Å². The third kappa shape index (κ3) is 2.85. The molecule has 1 rings (SSSR count). The van der Waals surface area contributed by atoms with E-state index in [1.807, 2.05) is 0 Å². The summed E-state index contributed by atoms with van der Waals surface area (Å²) in [6.45, 7) is 8.78. The van der Waals surface area contributed by atoms with Gasteiger partial charge >= 0.3 is 0 Å². The molecule has 1 saturated heterocycles. The highest BCUT2D eigenvalue weighted by Gasteiger charge is 2.23. The van der Waals surface area contributed by atoms with Crippen molar-refractivity contribution in [1.82, 2.24) is 0 Å². The summed E-state index contributed by atoms with van der Waals surface area (Å²) in [7, 11) is 0. The maximum atomic E-state index is 4.20. The summed E-state index contributed by atoms with van der Waals surface area (Å²) >= 11 is 2.11. The van der Waals surface area contributed by atoms with Crippen molar-refractivity contribution in [3.8, 4) is 0 Å². The Morgan fingerprint density at radius 1 is 1.58 bits per heavy atom. The highest BCUT2D eigenvalue weighted by molar-refractivity contribution is 8.00. The zero-order valence-electron chi connectivity index (χ0n) is 8.31. The first kappa shape index (κ1) is 10.2. The first-order chi connectivity index (χ1) is 5.74. The zero-order valence-corrected chi connectivity index (χ0v) is 9.12. The minimum absolute atomic E-state index is 0.830. The molecule has 2 unspecified atom stereocenters. The van der Waals surface area contributed by atoms with Crippen LogP contribution in [-0.2, 0) is 0 Å². The van der Waals surface area contributed by atoms with Gasteiger partial charge in [0.05, 0.1) is 0 Å². The van der Waals surface area contributed by atoms with Gasteiger partial charge in [-0.1, -0.05) is 32.4 Å². The average Bonchev–Trinajstić information content (AvgIpc) is 2.47. The molecular formula is C11H20S. The fraction of sp³-hybridized carbons (Fsp3) is 0.818. The summed E-state index contributed by atoms with van der Waals surface area (Å²) in [5, 5.41) is 0.869. The summed E-state index contributed by atoms with van der Waals surface area (Å²) in [5.41, 5.74) is 1.51. The van der Waals surface area contributed by atoms with Crippen LogP contribution in [0.15, 0.2) is 12.2 Å². The Balaban J connectivity index is 2.23. The lowest BCUT2D eigenvalue weighted by molar-refractivity contribution is 0.610. The first-order valence-corrected chi connectivity index (χ1v) is 6.08. The number of thioether (sulfide) groups is 1. The van der Waals surface area contributed by atoms with E-state index < -0.39 is 0 Å². The standard InChI is InChI=1S/C11H20S/c1-4-5-6-9(2)11-7-10(3)12-8-11/h10-11H,2,4-8H2,1,3H3. The topological polar surface area (TPSA) is 0 Å². The van der Waals surface area contributed by atoms with Gasteiger partial charge in [0.25, 0.3) is 0 Å². The van der Waals surface area contributed by atoms with Gasteiger partial charge < -0.3 is 0 Å². The molecule has 0 aromatic rings. The predicted molar refractivity (Wildman–Crippen MR) is 58.7 cm³/mol. The van der Waals surface area contributed by atoms with Crippen LogP contribution in [0.25, 0.3) is 0 Å². The molecule has 1 aliphatic rings. The molecule has 0 aromatic carbocycles. The predicted octanol–water partition coefficient (Wildman–Crippen LogP) is 3.87. The van der Waals surface area contributed by atoms with Crippen LogP contribution in [0.5, 0.6) is 0 Å². The summed E-state index contributed by atoms with van der Waals surface area (Å²) in [4.78, 5) is 0. The number of allylic oxidation sites excluding steroid dienone is 1. The number of rotatable bonds is 4. The molecule has 0 nitrogen and oxygen atoms in total. The molecule has 1 fully saturated rings. The van der Waals surface area contributed by atoms with Crippen molar-refractivity contribution >= 4 is 11.8 Å². The first-order valence-electron chi connectivity index (χ1n) is 5.03. The lowest BCUT2D eigenvalue weighted by atomic mass is 9.94. The maximum absolute atomic E-state index is 4.20. The quantitative estimate of drug-likeness (QED) is 0.598. The van der Waals surface area contributed by atoms with Gasteiger partial charge in [0.1, 0.15) is 0 Å². The highest BCUT2D eigenvalue weighted by Crippen LogP contribution is 2.36. The fourth-order valence-corrected chi connectivity index (χ4v) is 3.01. The third-order valence-electron chi connectivity index (χ3n) is 2.63. The number of unbranched alkanes of at least 4 members (excludes halogenated alkanes) is 1. The van der Waals surface area contributed by atoms with Gasteiger partial charge in [-0.25, -0.2) is 0 Å². The maximum Gasteiger partial charge on any atom is 0.00249 e. The monoisotopic (exact) mass is 184 g/mol. The van der Waals surface area contributed by atoms with Gasteiger partial charge in [0.15, 0.2) is 0 Å². The van der Waals surface area contributed by atoms with E-state index in [1.165, 1.54) is 37.0 Å². The molecule has 0 aliphatic carbocycles. The highest BCUT2D eigenvalue weighted by atomic mass is 32.2. The molecule has 0 radical (unpaired) electrons. The molecule has 0 amide bonds. The van der Waals surface area contributed by atoms with Gasteiger partial charge in [-0.2, -0.15) is 11.8 Å². The van der Waals surface area contributed by atoms with E-state index >= 15 is 0 Å². The Bertz CT molecular complexity index is 151. The number of hydrogen-bond donors (Lipinski definition) is 0. The smallest absolute Gasteiger partial charge is 0.00249 e. The molecule has 0 spiro atoms. The van der Waals surface area contributed by atoms with Crippen molar-refractivity contribution in [1.29, 1.82) is 0 Å². The van der Waals surface area contributed by atoms with E-state index in [4.69, 9.17) is 0 Å². The fourth-order valence-electron chi connectivity index (χ4n) is 1.71. The largest absolute Gasteiger partial charge is 0.158 e. The van der Waals surface area contributed by atoms with Gasteiger partial charge in [0.2, 0.25) is 0 Å². The second-order valence-electron chi connectivity index (χ2n) is 3.84. The van der Waals surface area contributed by atoms with E-state index in [0.717, 1.165) is 11.2 Å². The SMILES string of the molecule is C=C(CCCC)C1CSC(C)C1. The van der Waals surface area contributed by atoms with Gasteiger partial charge in [-0.3, -0.25) is 0 Å². The normalized spacial score (nSPS) is 29.2. The third-order valence-corrected chi connectivity index (χ3v) is 3.98. The van der Waals surface area contributed by atoms with E-state index in [0.29, 0.717) is 0 Å². The lowest BCUT2D eigenvalue weighted by Gasteiger charge is -2.11. The Morgan fingerprint density at radius 2 is 2.33 bits per heavy atom. The summed E-state index contributed by atoms with van der Waals surface area (Å²) in [5.74, 6) is 2.15. The minimum Gasteiger partial charge on any atom is -0.158 e. The van der Waals surface area contributed by atoms with E-state index in [9.17, 15) is 0 Å². The molecule has 70 valence electrons. The van der Waals surface area contributed by atoms with Crippen LogP contribution in [0.2, 0.25) is 0 Å². The van der Waals surface area contributed by atoms with Gasteiger partial charge in [-0.15, -0.1) is 0 Å². The summed E-state index contributed by atoms with van der Waals surface area (Å²) in [6, 6.07) is 0. The van der Waals surface area contributed by atoms with Crippen LogP contribution >= 0.6 is 11.8 Å². The second kappa shape index (κ2) is 4.96. The molecule has 0 bridgehead atoms. The van der Waals surface area contributed by atoms with Crippen molar-refractivity contribution in [3.63, 3.8) is 0 Å². The van der Waals surface area contributed by atoms with Crippen LogP contribution in [0.3, 0.4) is 0 Å². The molecule has 0 saturated carbocycles. The minimum atomic E-state index is 0.830. The molecule has 1 heteroatoms. The lowest BCUT2D eigenvalue weighted by Crippen LogP contribution is -2.02. The Kier molecular flexibility index (Phi) is 4.20. The van der Waals surface area contributed by atoms with Crippen LogP contribution in [0, 0.1) is 5.92 Å². The van der Waals surface area contributed by atoms with Crippen molar-refractivity contribution in [2.24, 2.45) is 5.92 Å². The van der Waals surface area contributed by atoms with Crippen LogP contribution < -0.4 is 0 Å². The van der Waals surface area contributed by atoms with Crippen LogP contribution in [0.1, 0.15) is 39.5 Å². The molecular weight excluding hydrogens is 164 g/mol. The molecule has 1 aliphatic heterocycles. The Morgan fingerprint density at radius 3 is 2.83 bits per heavy atom. The van der Waals surface area contributed by atoms with Gasteiger partial charge in [0, 0.05) is 11.0 Å². The molecule has 1 heterocycles. The summed E-state index contributed by atoms with van der Waals surface area (Å²) in [6.07, 6.45) is 5.25. The Labute approximate surface area is 80.8 Å². The molecule has 0 N–H and O–H groups in total. The van der Waals surface area contributed by atoms with Crippen molar-refractivity contribution in [2.75, 3.05) is 5.75 Å². The zero-order chi connectivity index (χ0) is 8.97. The van der Waals surface area contributed by atoms with Crippen molar-refractivity contribution < 1.29 is 0 Å². The Hall–Kier alpha value is 0.0900. The molecule has 2 atom stereocenters. The van der Waals surface area contributed by atoms with Gasteiger partial charge in [-0.05, 0) is 25.2 Å². The van der Waals surface area contributed by atoms with Crippen molar-refractivity contribution in [3.05, 3.63) is 12.2 Å². The summed E-state index contributed by atoms with van der Waals surface area (Å²) < 4.78 is 0. The number of hydrogen-bond acceptors (Lipinski definition) is 1. The second-order valence-corrected chi connectivity index (χ2v) is 5.31. The molecule has 0 aromatic heterocycles. The van der Waals surface area contributed by atoms with E-state index in [-0.39, 0.29) is 0 Å². The average molecular weight is 184 g/mol. The van der Waals surface area contributed by atoms with Crippen LogP contribution in [-0.4, -0.2) is 11.0 Å².